The summed E-state index contributed by atoms with van der Waals surface area (Å²) in [7, 11) is 0. The van der Waals surface area contributed by atoms with Crippen molar-refractivity contribution in [3.05, 3.63) is 11.6 Å². The van der Waals surface area contributed by atoms with Gasteiger partial charge in [0.1, 0.15) is 92.1 Å². The Labute approximate surface area is 455 Å². The van der Waals surface area contributed by atoms with Crippen molar-refractivity contribution in [3.63, 3.8) is 0 Å². The molecule has 78 heavy (non-hydrogen) atoms. The summed E-state index contributed by atoms with van der Waals surface area (Å²) in [5, 5.41) is 130. The van der Waals surface area contributed by atoms with E-state index < -0.39 is 153 Å². The van der Waals surface area contributed by atoms with Gasteiger partial charge in [0.15, 0.2) is 18.9 Å². The number of hydrogen-bond donors (Lipinski definition) is 12. The molecule has 0 bridgehead atoms. The van der Waals surface area contributed by atoms with Gasteiger partial charge in [-0.2, -0.15) is 0 Å². The van der Waals surface area contributed by atoms with Crippen molar-refractivity contribution in [2.45, 2.75) is 242 Å². The average molecular weight is 1120 g/mol. The quantitative estimate of drug-likeness (QED) is 0.0645. The van der Waals surface area contributed by atoms with Crippen molar-refractivity contribution in [1.29, 1.82) is 0 Å². The first kappa shape index (κ1) is 60.5. The maximum atomic E-state index is 15.2. The highest BCUT2D eigenvalue weighted by Gasteiger charge is 2.70. The predicted molar refractivity (Wildman–Crippen MR) is 266 cm³/mol. The Bertz CT molecular complexity index is 2180. The van der Waals surface area contributed by atoms with Crippen molar-refractivity contribution >= 4 is 11.9 Å². The molecule has 0 radical (unpaired) electrons. The third-order valence-electron chi connectivity index (χ3n) is 21.5. The number of rotatable bonds is 12. The van der Waals surface area contributed by atoms with Crippen LogP contribution in [0.15, 0.2) is 11.6 Å². The van der Waals surface area contributed by atoms with Gasteiger partial charge in [-0.15, -0.1) is 0 Å². The predicted octanol–water partition coefficient (Wildman–Crippen LogP) is -0.825. The Kier molecular flexibility index (Phi) is 17.2. The van der Waals surface area contributed by atoms with Gasteiger partial charge in [0.05, 0.1) is 30.8 Å². The summed E-state index contributed by atoms with van der Waals surface area (Å²) in [6.07, 6.45) is -21.6. The van der Waals surface area contributed by atoms with E-state index in [0.717, 1.165) is 38.2 Å². The summed E-state index contributed by atoms with van der Waals surface area (Å²) in [5.41, 5.74) is -1.55. The maximum absolute atomic E-state index is 15.2. The molecule has 5 aliphatic carbocycles. The van der Waals surface area contributed by atoms with Gasteiger partial charge in [0.2, 0.25) is 6.29 Å². The van der Waals surface area contributed by atoms with E-state index in [2.05, 4.69) is 40.7 Å². The van der Waals surface area contributed by atoms with Crippen LogP contribution in [0.5, 0.6) is 0 Å². The molecule has 9 rings (SSSR count). The fourth-order valence-electron chi connectivity index (χ4n) is 16.3. The lowest BCUT2D eigenvalue weighted by Gasteiger charge is -2.71. The van der Waals surface area contributed by atoms with Crippen molar-refractivity contribution in [3.8, 4) is 0 Å². The number of ether oxygens (including phenoxy) is 9. The molecule has 28 atom stereocenters. The average Bonchev–Trinajstić information content (AvgIpc) is 3.31. The van der Waals surface area contributed by atoms with Crippen LogP contribution in [0.3, 0.4) is 0 Å². The van der Waals surface area contributed by atoms with Crippen LogP contribution in [-0.2, 0) is 52.2 Å². The Hall–Kier alpha value is -2.08. The van der Waals surface area contributed by atoms with Gasteiger partial charge in [0, 0.05) is 13.5 Å². The Morgan fingerprint density at radius 1 is 0.641 bits per heavy atom. The van der Waals surface area contributed by atoms with Crippen molar-refractivity contribution in [1.82, 2.24) is 0 Å². The van der Waals surface area contributed by atoms with Crippen LogP contribution in [0, 0.1) is 50.2 Å². The molecular formula is C55H88O23. The molecule has 0 aromatic rings. The minimum absolute atomic E-state index is 0.101. The number of carbonyl (C=O) groups excluding carboxylic acids is 2. The molecular weight excluding hydrogens is 1030 g/mol. The highest BCUT2D eigenvalue weighted by atomic mass is 16.8. The number of allylic oxidation sites excluding steroid dienone is 2. The first-order chi connectivity index (χ1) is 36.5. The van der Waals surface area contributed by atoms with E-state index in [-0.39, 0.29) is 58.7 Å². The second kappa shape index (κ2) is 22.2. The van der Waals surface area contributed by atoms with Crippen LogP contribution in [0.1, 0.15) is 120 Å². The second-order valence-electron chi connectivity index (χ2n) is 26.3. The minimum Gasteiger partial charge on any atom is -0.463 e. The molecule has 23 heteroatoms. The molecule has 4 saturated carbocycles. The van der Waals surface area contributed by atoms with Crippen LogP contribution in [0.2, 0.25) is 0 Å². The normalized spacial score (nSPS) is 53.1. The molecule has 0 aromatic heterocycles. The molecule has 446 valence electrons. The first-order valence-electron chi connectivity index (χ1n) is 28.1. The van der Waals surface area contributed by atoms with Crippen LogP contribution in [0.4, 0.5) is 0 Å². The largest absolute Gasteiger partial charge is 0.463 e. The lowest BCUT2D eigenvalue weighted by Crippen LogP contribution is -2.66. The van der Waals surface area contributed by atoms with Gasteiger partial charge in [-0.1, -0.05) is 53.2 Å². The number of aliphatic hydroxyl groups is 12. The zero-order chi connectivity index (χ0) is 57.0. The number of fused-ring (bicyclic) bond motifs is 7. The smallest absolute Gasteiger partial charge is 0.315 e. The van der Waals surface area contributed by atoms with Gasteiger partial charge < -0.3 is 104 Å². The Balaban J connectivity index is 0.907. The monoisotopic (exact) mass is 1120 g/mol. The van der Waals surface area contributed by atoms with Crippen molar-refractivity contribution in [2.75, 3.05) is 26.4 Å². The lowest BCUT2D eigenvalue weighted by atomic mass is 9.33. The molecule has 23 nitrogen and oxygen atoms in total. The molecule has 9 aliphatic rings. The van der Waals surface area contributed by atoms with E-state index >= 15 is 4.79 Å². The molecule has 4 heterocycles. The molecule has 0 spiro atoms. The number of hydrogen-bond acceptors (Lipinski definition) is 23. The third kappa shape index (κ3) is 10.1. The zero-order valence-electron chi connectivity index (χ0n) is 46.1. The Morgan fingerprint density at radius 2 is 1.28 bits per heavy atom. The molecule has 3 unspecified atom stereocenters. The molecule has 4 aliphatic heterocycles. The summed E-state index contributed by atoms with van der Waals surface area (Å²) in [6.45, 7) is 14.7. The molecule has 12 N–H and O–H groups in total. The number of esters is 2. The van der Waals surface area contributed by atoms with E-state index in [1.807, 2.05) is 6.92 Å². The SMILES string of the molecule is CC(=O)OC[C@H]1O[C@@H](OC[C@H]2O[C@@H](OC(=O)[C@]34CC[C@@](C)(CO)CC3C3=CCC5[C@@]6(C)CC[C@H](O[C@@H]7OC[C@H](O)[C@H](O)[C@H]7O)C(C)(C)C6CC[C@@]5(C)[C@]3(C)CC4)[C@H](O)[C@@H](O)[C@@H]2O)[C@H](O)[C@@H](O)[C@@H]1O[C@@H]1O[C@@H](C)[C@H](O)[C@@H](O)[C@H]1O. The summed E-state index contributed by atoms with van der Waals surface area (Å²) in [6, 6.07) is 0. The highest BCUT2D eigenvalue weighted by Crippen LogP contribution is 2.76. The summed E-state index contributed by atoms with van der Waals surface area (Å²) < 4.78 is 52.6. The van der Waals surface area contributed by atoms with Gasteiger partial charge in [-0.25, -0.2) is 0 Å². The van der Waals surface area contributed by atoms with E-state index in [0.29, 0.717) is 38.5 Å². The molecule has 0 aromatic carbocycles. The summed E-state index contributed by atoms with van der Waals surface area (Å²) >= 11 is 0. The number of carbonyl (C=O) groups is 2. The van der Waals surface area contributed by atoms with Crippen LogP contribution < -0.4 is 0 Å². The van der Waals surface area contributed by atoms with E-state index in [1.54, 1.807) is 0 Å². The fraction of sp³-hybridized carbons (Fsp3) is 0.927. The molecule has 4 saturated heterocycles. The lowest BCUT2D eigenvalue weighted by molar-refractivity contribution is -0.361. The van der Waals surface area contributed by atoms with Gasteiger partial charge in [-0.3, -0.25) is 9.59 Å². The third-order valence-corrected chi connectivity index (χ3v) is 21.5. The van der Waals surface area contributed by atoms with E-state index in [1.165, 1.54) is 6.92 Å². The summed E-state index contributed by atoms with van der Waals surface area (Å²) in [4.78, 5) is 27.1. The maximum Gasteiger partial charge on any atom is 0.315 e. The van der Waals surface area contributed by atoms with Gasteiger partial charge in [-0.05, 0) is 116 Å². The topological polar surface area (TPSA) is 360 Å². The van der Waals surface area contributed by atoms with Gasteiger partial charge >= 0.3 is 11.9 Å². The highest BCUT2D eigenvalue weighted by molar-refractivity contribution is 5.79. The van der Waals surface area contributed by atoms with Crippen molar-refractivity contribution in [2.24, 2.45) is 50.2 Å². The summed E-state index contributed by atoms with van der Waals surface area (Å²) in [5.74, 6) is -1.30. The second-order valence-corrected chi connectivity index (χ2v) is 26.3. The number of aliphatic hydroxyl groups excluding tert-OH is 12. The molecule has 0 amide bonds. The van der Waals surface area contributed by atoms with Gasteiger partial charge in [0.25, 0.3) is 0 Å². The van der Waals surface area contributed by atoms with Crippen molar-refractivity contribution < 1.29 is 113 Å². The fourth-order valence-corrected chi connectivity index (χ4v) is 16.3. The zero-order valence-corrected chi connectivity index (χ0v) is 46.1. The van der Waals surface area contributed by atoms with Crippen LogP contribution >= 0.6 is 0 Å². The minimum atomic E-state index is -1.91. The van der Waals surface area contributed by atoms with E-state index in [9.17, 15) is 66.1 Å². The van der Waals surface area contributed by atoms with Crippen LogP contribution in [-0.4, -0.2) is 222 Å². The standard InChI is InChI=1S/C55H88O23/c1-24-34(59)37(62)41(66)47(73-24)77-44-30(22-70-25(2)57)75-45(43(68)39(44)64)72-21-29-36(61)38(63)42(67)48(74-29)78-49(69)55-17-15-51(5,23-56)19-27(55)26-9-10-32-52(6)13-12-33(76-46-40(65)35(60)28(58)20-71-46)50(3,4)31(52)11-14-54(32,8)53(26,7)16-18-55/h9,24,27-48,56,58-68H,10-23H2,1-8H3/t24-,27?,28-,29+,30+,31?,32?,33-,34-,35-,36+,37+,38-,39+,40+,41+,42+,43+,44+,45+,46-,47-,48-,51+,52-,53+,54+,55-/m0/s1. The van der Waals surface area contributed by atoms with Crippen LogP contribution in [0.25, 0.3) is 0 Å². The molecule has 8 fully saturated rings. The van der Waals surface area contributed by atoms with E-state index in [4.69, 9.17) is 42.6 Å². The Morgan fingerprint density at radius 3 is 1.97 bits per heavy atom. The first-order valence-corrected chi connectivity index (χ1v) is 28.1.